The fourth-order valence-electron chi connectivity index (χ4n) is 2.38. The molecular formula is C14H17Cl2NO2. The van der Waals surface area contributed by atoms with Crippen molar-refractivity contribution in [2.75, 3.05) is 20.2 Å². The molecule has 0 atom stereocenters. The van der Waals surface area contributed by atoms with E-state index in [0.29, 0.717) is 10.0 Å². The number of carbonyl (C=O) groups is 1. The van der Waals surface area contributed by atoms with E-state index in [2.05, 4.69) is 4.90 Å². The van der Waals surface area contributed by atoms with Crippen LogP contribution in [0.25, 0.3) is 0 Å². The van der Waals surface area contributed by atoms with Crippen LogP contribution in [0.4, 0.5) is 0 Å². The van der Waals surface area contributed by atoms with Crippen molar-refractivity contribution in [1.29, 1.82) is 0 Å². The molecule has 0 amide bonds. The first kappa shape index (κ1) is 14.6. The van der Waals surface area contributed by atoms with Crippen LogP contribution >= 0.6 is 23.2 Å². The Labute approximate surface area is 123 Å². The second kappa shape index (κ2) is 6.60. The minimum absolute atomic E-state index is 0.0435. The summed E-state index contributed by atoms with van der Waals surface area (Å²) in [5.41, 5.74) is 1.07. The predicted octanol–water partition coefficient (Wildman–Crippen LogP) is 3.38. The van der Waals surface area contributed by atoms with Gasteiger partial charge in [0.05, 0.1) is 13.0 Å². The molecule has 0 spiro atoms. The van der Waals surface area contributed by atoms with Crippen molar-refractivity contribution in [1.82, 2.24) is 4.90 Å². The van der Waals surface area contributed by atoms with E-state index < -0.39 is 0 Å². The predicted molar refractivity (Wildman–Crippen MR) is 76.5 cm³/mol. The zero-order chi connectivity index (χ0) is 13.8. The van der Waals surface area contributed by atoms with Crippen molar-refractivity contribution in [2.45, 2.75) is 19.4 Å². The molecular weight excluding hydrogens is 285 g/mol. The molecule has 3 nitrogen and oxygen atoms in total. The number of benzene rings is 1. The van der Waals surface area contributed by atoms with E-state index in [1.165, 1.54) is 7.11 Å². The van der Waals surface area contributed by atoms with Gasteiger partial charge in [0, 0.05) is 16.6 Å². The van der Waals surface area contributed by atoms with Gasteiger partial charge < -0.3 is 4.74 Å². The highest BCUT2D eigenvalue weighted by molar-refractivity contribution is 6.35. The first-order chi connectivity index (χ1) is 9.10. The summed E-state index contributed by atoms with van der Waals surface area (Å²) in [5, 5.41) is 1.35. The summed E-state index contributed by atoms with van der Waals surface area (Å²) >= 11 is 12.0. The Hall–Kier alpha value is -0.770. The molecule has 1 aromatic carbocycles. The Morgan fingerprint density at radius 1 is 1.37 bits per heavy atom. The minimum Gasteiger partial charge on any atom is -0.469 e. The number of nitrogens with zero attached hydrogens (tertiary/aromatic N) is 1. The molecule has 5 heteroatoms. The number of likely N-dealkylation sites (tertiary alicyclic amines) is 1. The molecule has 0 unspecified atom stereocenters. The molecule has 0 radical (unpaired) electrons. The van der Waals surface area contributed by atoms with Crippen LogP contribution in [-0.2, 0) is 16.1 Å². The number of esters is 1. The highest BCUT2D eigenvalue weighted by atomic mass is 35.5. The van der Waals surface area contributed by atoms with Crippen molar-refractivity contribution < 1.29 is 9.53 Å². The Morgan fingerprint density at radius 2 is 2.05 bits per heavy atom. The van der Waals surface area contributed by atoms with E-state index in [1.54, 1.807) is 6.07 Å². The number of hydrogen-bond acceptors (Lipinski definition) is 3. The number of rotatable bonds is 3. The maximum Gasteiger partial charge on any atom is 0.308 e. The SMILES string of the molecule is COC(=O)C1CCN(Cc2ccc(Cl)cc2Cl)CC1. The third-order valence-corrected chi connectivity index (χ3v) is 4.12. The van der Waals surface area contributed by atoms with Gasteiger partial charge in [0.2, 0.25) is 0 Å². The number of carbonyl (C=O) groups excluding carboxylic acids is 1. The third-order valence-electron chi connectivity index (χ3n) is 3.53. The maximum absolute atomic E-state index is 11.4. The van der Waals surface area contributed by atoms with Gasteiger partial charge in [-0.05, 0) is 43.6 Å². The van der Waals surface area contributed by atoms with Crippen molar-refractivity contribution in [3.8, 4) is 0 Å². The molecule has 1 aliphatic rings. The van der Waals surface area contributed by atoms with Gasteiger partial charge in [0.25, 0.3) is 0 Å². The average molecular weight is 302 g/mol. The van der Waals surface area contributed by atoms with Crippen LogP contribution in [-0.4, -0.2) is 31.1 Å². The lowest BCUT2D eigenvalue weighted by Gasteiger charge is -2.30. The van der Waals surface area contributed by atoms with Gasteiger partial charge in [-0.1, -0.05) is 29.3 Å². The van der Waals surface area contributed by atoms with E-state index in [1.807, 2.05) is 12.1 Å². The molecule has 1 fully saturated rings. The highest BCUT2D eigenvalue weighted by Gasteiger charge is 2.25. The van der Waals surface area contributed by atoms with Crippen LogP contribution < -0.4 is 0 Å². The zero-order valence-electron chi connectivity index (χ0n) is 10.9. The highest BCUT2D eigenvalue weighted by Crippen LogP contribution is 2.25. The quantitative estimate of drug-likeness (QED) is 0.802. The van der Waals surface area contributed by atoms with Crippen LogP contribution in [0.1, 0.15) is 18.4 Å². The van der Waals surface area contributed by atoms with Gasteiger partial charge >= 0.3 is 5.97 Å². The molecule has 1 aliphatic heterocycles. The number of methoxy groups -OCH3 is 1. The van der Waals surface area contributed by atoms with Crippen molar-refractivity contribution in [3.05, 3.63) is 33.8 Å². The van der Waals surface area contributed by atoms with Gasteiger partial charge in [-0.2, -0.15) is 0 Å². The summed E-state index contributed by atoms with van der Waals surface area (Å²) in [4.78, 5) is 13.7. The first-order valence-electron chi connectivity index (χ1n) is 6.34. The molecule has 0 aliphatic carbocycles. The molecule has 0 saturated carbocycles. The van der Waals surface area contributed by atoms with E-state index in [-0.39, 0.29) is 11.9 Å². The summed E-state index contributed by atoms with van der Waals surface area (Å²) in [6, 6.07) is 5.57. The summed E-state index contributed by atoms with van der Waals surface area (Å²) in [6.07, 6.45) is 1.69. The average Bonchev–Trinajstić information content (AvgIpc) is 2.42. The second-order valence-corrected chi connectivity index (χ2v) is 5.65. The van der Waals surface area contributed by atoms with Crippen LogP contribution in [0.3, 0.4) is 0 Å². The molecule has 2 rings (SSSR count). The van der Waals surface area contributed by atoms with Gasteiger partial charge in [0.15, 0.2) is 0 Å². The third kappa shape index (κ3) is 3.85. The normalized spacial score (nSPS) is 17.4. The zero-order valence-corrected chi connectivity index (χ0v) is 12.4. The molecule has 1 heterocycles. The lowest BCUT2D eigenvalue weighted by atomic mass is 9.96. The topological polar surface area (TPSA) is 29.5 Å². The van der Waals surface area contributed by atoms with Crippen LogP contribution in [0.15, 0.2) is 18.2 Å². The fraction of sp³-hybridized carbons (Fsp3) is 0.500. The summed E-state index contributed by atoms with van der Waals surface area (Å²) in [7, 11) is 1.45. The second-order valence-electron chi connectivity index (χ2n) is 4.81. The summed E-state index contributed by atoms with van der Waals surface area (Å²) in [6.45, 7) is 2.57. The Kier molecular flexibility index (Phi) is 5.08. The van der Waals surface area contributed by atoms with E-state index in [9.17, 15) is 4.79 Å². The van der Waals surface area contributed by atoms with Gasteiger partial charge in [-0.3, -0.25) is 9.69 Å². The fourth-order valence-corrected chi connectivity index (χ4v) is 2.85. The molecule has 1 saturated heterocycles. The maximum atomic E-state index is 11.4. The minimum atomic E-state index is -0.0934. The van der Waals surface area contributed by atoms with Gasteiger partial charge in [-0.15, -0.1) is 0 Å². The molecule has 1 aromatic rings. The Balaban J connectivity index is 1.90. The lowest BCUT2D eigenvalue weighted by Crippen LogP contribution is -2.36. The molecule has 0 aromatic heterocycles. The van der Waals surface area contributed by atoms with E-state index in [4.69, 9.17) is 27.9 Å². The standard InChI is InChI=1S/C14H17Cl2NO2/c1-19-14(18)10-4-6-17(7-5-10)9-11-2-3-12(15)8-13(11)16/h2-3,8,10H,4-7,9H2,1H3. The van der Waals surface area contributed by atoms with Crippen LogP contribution in [0.5, 0.6) is 0 Å². The largest absolute Gasteiger partial charge is 0.469 e. The van der Waals surface area contributed by atoms with Crippen LogP contribution in [0.2, 0.25) is 10.0 Å². The lowest BCUT2D eigenvalue weighted by molar-refractivity contribution is -0.147. The van der Waals surface area contributed by atoms with Crippen molar-refractivity contribution in [3.63, 3.8) is 0 Å². The number of piperidine rings is 1. The smallest absolute Gasteiger partial charge is 0.308 e. The van der Waals surface area contributed by atoms with Gasteiger partial charge in [-0.25, -0.2) is 0 Å². The molecule has 19 heavy (non-hydrogen) atoms. The molecule has 104 valence electrons. The Bertz CT molecular complexity index is 457. The number of halogens is 2. The first-order valence-corrected chi connectivity index (χ1v) is 7.10. The molecule has 0 bridgehead atoms. The monoisotopic (exact) mass is 301 g/mol. The Morgan fingerprint density at radius 3 is 2.63 bits per heavy atom. The van der Waals surface area contributed by atoms with Crippen molar-refractivity contribution >= 4 is 29.2 Å². The van der Waals surface area contributed by atoms with Crippen LogP contribution in [0, 0.1) is 5.92 Å². The summed E-state index contributed by atoms with van der Waals surface area (Å²) in [5.74, 6) is -0.0499. The molecule has 0 N–H and O–H groups in total. The number of ether oxygens (including phenoxy) is 1. The van der Waals surface area contributed by atoms with E-state index in [0.717, 1.165) is 38.0 Å². The van der Waals surface area contributed by atoms with Crippen molar-refractivity contribution in [2.24, 2.45) is 5.92 Å². The summed E-state index contributed by atoms with van der Waals surface area (Å²) < 4.78 is 4.78. The number of hydrogen-bond donors (Lipinski definition) is 0. The van der Waals surface area contributed by atoms with E-state index >= 15 is 0 Å². The van der Waals surface area contributed by atoms with Gasteiger partial charge in [0.1, 0.15) is 0 Å².